The van der Waals surface area contributed by atoms with Gasteiger partial charge in [-0.2, -0.15) is 0 Å². The van der Waals surface area contributed by atoms with Crippen molar-refractivity contribution in [3.05, 3.63) is 46.7 Å². The van der Waals surface area contributed by atoms with Gasteiger partial charge in [-0.05, 0) is 23.6 Å². The van der Waals surface area contributed by atoms with Gasteiger partial charge in [-0.1, -0.05) is 18.2 Å². The minimum Gasteiger partial charge on any atom is -0.495 e. The van der Waals surface area contributed by atoms with Crippen LogP contribution in [0.15, 0.2) is 41.8 Å². The number of amides is 1. The Kier molecular flexibility index (Phi) is 5.15. The first-order valence-corrected chi connectivity index (χ1v) is 8.45. The molecule has 1 aromatic carbocycles. The first-order chi connectivity index (χ1) is 11.3. The van der Waals surface area contributed by atoms with Gasteiger partial charge in [-0.25, -0.2) is 0 Å². The van der Waals surface area contributed by atoms with Crippen LogP contribution in [0.4, 0.5) is 5.69 Å². The van der Waals surface area contributed by atoms with Gasteiger partial charge in [0.1, 0.15) is 11.9 Å². The number of methoxy groups -OCH3 is 1. The topological polar surface area (TPSA) is 50.8 Å². The number of nitrogens with one attached hydrogen (secondary N) is 1. The number of rotatable bonds is 5. The van der Waals surface area contributed by atoms with Gasteiger partial charge < -0.3 is 19.7 Å². The van der Waals surface area contributed by atoms with E-state index in [1.165, 1.54) is 4.88 Å². The number of carbonyl (C=O) groups excluding carboxylic acids is 1. The second-order valence-corrected chi connectivity index (χ2v) is 6.25. The van der Waals surface area contributed by atoms with Crippen molar-refractivity contribution in [2.45, 2.75) is 6.10 Å². The molecule has 23 heavy (non-hydrogen) atoms. The van der Waals surface area contributed by atoms with E-state index < -0.39 is 0 Å². The summed E-state index contributed by atoms with van der Waals surface area (Å²) in [6, 6.07) is 11.6. The third-order valence-electron chi connectivity index (χ3n) is 3.82. The van der Waals surface area contributed by atoms with Crippen molar-refractivity contribution in [2.75, 3.05) is 38.7 Å². The van der Waals surface area contributed by atoms with Gasteiger partial charge >= 0.3 is 0 Å². The Bertz CT molecular complexity index is 645. The van der Waals surface area contributed by atoms with E-state index in [0.29, 0.717) is 19.7 Å². The largest absolute Gasteiger partial charge is 0.495 e. The highest BCUT2D eigenvalue weighted by atomic mass is 32.1. The van der Waals surface area contributed by atoms with Crippen LogP contribution < -0.4 is 10.1 Å². The maximum atomic E-state index is 12.5. The second kappa shape index (κ2) is 7.48. The van der Waals surface area contributed by atoms with Crippen molar-refractivity contribution >= 4 is 22.9 Å². The number of morpholine rings is 1. The molecule has 5 nitrogen and oxygen atoms in total. The van der Waals surface area contributed by atoms with Crippen molar-refractivity contribution < 1.29 is 14.3 Å². The molecule has 0 saturated carbocycles. The zero-order valence-corrected chi connectivity index (χ0v) is 13.8. The summed E-state index contributed by atoms with van der Waals surface area (Å²) in [5.41, 5.74) is 0.825. The molecule has 1 fully saturated rings. The normalized spacial score (nSPS) is 17.8. The number of benzene rings is 1. The molecule has 1 aliphatic rings. The molecule has 0 aliphatic carbocycles. The van der Waals surface area contributed by atoms with Gasteiger partial charge in [0.2, 0.25) is 5.91 Å². The fourth-order valence-electron chi connectivity index (χ4n) is 2.60. The van der Waals surface area contributed by atoms with Gasteiger partial charge in [0.15, 0.2) is 0 Å². The van der Waals surface area contributed by atoms with E-state index in [9.17, 15) is 4.79 Å². The number of anilines is 1. The quantitative estimate of drug-likeness (QED) is 0.915. The maximum Gasteiger partial charge on any atom is 0.242 e. The average molecular weight is 332 g/mol. The smallest absolute Gasteiger partial charge is 0.242 e. The Labute approximate surface area is 139 Å². The van der Waals surface area contributed by atoms with Crippen molar-refractivity contribution in [3.8, 4) is 5.75 Å². The molecule has 1 aromatic heterocycles. The van der Waals surface area contributed by atoms with Crippen molar-refractivity contribution in [3.63, 3.8) is 0 Å². The predicted octanol–water partition coefficient (Wildman–Crippen LogP) is 2.77. The van der Waals surface area contributed by atoms with Crippen LogP contribution in [0.3, 0.4) is 0 Å². The van der Waals surface area contributed by atoms with Crippen LogP contribution in [0.5, 0.6) is 5.75 Å². The number of para-hydroxylation sites is 2. The van der Waals surface area contributed by atoms with Gasteiger partial charge in [0, 0.05) is 11.4 Å². The summed E-state index contributed by atoms with van der Waals surface area (Å²) in [6.45, 7) is 2.06. The molecule has 122 valence electrons. The highest BCUT2D eigenvalue weighted by molar-refractivity contribution is 7.10. The number of thiophene rings is 1. The van der Waals surface area contributed by atoms with E-state index in [1.54, 1.807) is 18.4 Å². The molecule has 2 heterocycles. The first-order valence-electron chi connectivity index (χ1n) is 7.57. The van der Waals surface area contributed by atoms with Crippen molar-refractivity contribution in [2.24, 2.45) is 0 Å². The van der Waals surface area contributed by atoms with Crippen LogP contribution in [-0.4, -0.2) is 44.2 Å². The summed E-state index contributed by atoms with van der Waals surface area (Å²) in [7, 11) is 1.62. The van der Waals surface area contributed by atoms with Crippen LogP contribution in [0, 0.1) is 0 Å². The van der Waals surface area contributed by atoms with Gasteiger partial charge in [0.25, 0.3) is 0 Å². The lowest BCUT2D eigenvalue weighted by Gasteiger charge is -2.32. The number of carbonyl (C=O) groups is 1. The number of ether oxygens (including phenoxy) is 2. The molecule has 6 heteroatoms. The van der Waals surface area contributed by atoms with E-state index >= 15 is 0 Å². The lowest BCUT2D eigenvalue weighted by Crippen LogP contribution is -2.44. The fourth-order valence-corrected chi connectivity index (χ4v) is 3.36. The van der Waals surface area contributed by atoms with E-state index in [1.807, 2.05) is 40.6 Å². The summed E-state index contributed by atoms with van der Waals surface area (Å²) in [4.78, 5) is 15.5. The van der Waals surface area contributed by atoms with Crippen molar-refractivity contribution in [1.29, 1.82) is 0 Å². The maximum absolute atomic E-state index is 12.5. The number of hydrogen-bond acceptors (Lipinski definition) is 5. The molecule has 0 spiro atoms. The lowest BCUT2D eigenvalue weighted by molar-refractivity contribution is -0.136. The molecule has 1 N–H and O–H groups in total. The van der Waals surface area contributed by atoms with Gasteiger partial charge in [0.05, 0.1) is 32.5 Å². The number of hydrogen-bond donors (Lipinski definition) is 1. The molecule has 1 unspecified atom stereocenters. The third kappa shape index (κ3) is 3.83. The molecule has 1 atom stereocenters. The summed E-state index contributed by atoms with van der Waals surface area (Å²) >= 11 is 1.66. The highest BCUT2D eigenvalue weighted by Crippen LogP contribution is 2.26. The lowest BCUT2D eigenvalue weighted by atomic mass is 10.2. The zero-order valence-electron chi connectivity index (χ0n) is 13.0. The summed E-state index contributed by atoms with van der Waals surface area (Å²) in [6.07, 6.45) is -0.0149. The standard InChI is InChI=1S/C17H20N2O3S/c1-21-14-6-3-2-5-13(14)18-11-17(20)19-8-9-22-15(12-19)16-7-4-10-23-16/h2-7,10,15,18H,8-9,11-12H2,1H3. The minimum absolute atomic E-state index is 0.0149. The fraction of sp³-hybridized carbons (Fsp3) is 0.353. The zero-order chi connectivity index (χ0) is 16.1. The minimum atomic E-state index is -0.0149. The monoisotopic (exact) mass is 332 g/mol. The molecule has 0 bridgehead atoms. The van der Waals surface area contributed by atoms with Gasteiger partial charge in [-0.15, -0.1) is 11.3 Å². The Morgan fingerprint density at radius 1 is 1.39 bits per heavy atom. The third-order valence-corrected chi connectivity index (χ3v) is 4.78. The van der Waals surface area contributed by atoms with E-state index in [4.69, 9.17) is 9.47 Å². The Hall–Kier alpha value is -2.05. The molecule has 1 aliphatic heterocycles. The second-order valence-electron chi connectivity index (χ2n) is 5.27. The molecular weight excluding hydrogens is 312 g/mol. The van der Waals surface area contributed by atoms with Crippen LogP contribution in [0.2, 0.25) is 0 Å². The van der Waals surface area contributed by atoms with E-state index in [2.05, 4.69) is 11.4 Å². The van der Waals surface area contributed by atoms with E-state index in [0.717, 1.165) is 11.4 Å². The average Bonchev–Trinajstić information content (AvgIpc) is 3.14. The van der Waals surface area contributed by atoms with Crippen LogP contribution in [-0.2, 0) is 9.53 Å². The van der Waals surface area contributed by atoms with E-state index in [-0.39, 0.29) is 18.6 Å². The first kappa shape index (κ1) is 15.8. The molecule has 0 radical (unpaired) electrons. The SMILES string of the molecule is COc1ccccc1NCC(=O)N1CCOC(c2cccs2)C1. The Morgan fingerprint density at radius 2 is 2.26 bits per heavy atom. The molecule has 3 rings (SSSR count). The molecule has 1 amide bonds. The summed E-state index contributed by atoms with van der Waals surface area (Å²) < 4.78 is 11.1. The summed E-state index contributed by atoms with van der Waals surface area (Å²) in [5, 5.41) is 5.19. The molecular formula is C17H20N2O3S. The highest BCUT2D eigenvalue weighted by Gasteiger charge is 2.25. The van der Waals surface area contributed by atoms with Crippen LogP contribution in [0.1, 0.15) is 11.0 Å². The van der Waals surface area contributed by atoms with Crippen molar-refractivity contribution in [1.82, 2.24) is 4.90 Å². The molecule has 2 aromatic rings. The van der Waals surface area contributed by atoms with Crippen LogP contribution in [0.25, 0.3) is 0 Å². The summed E-state index contributed by atoms with van der Waals surface area (Å²) in [5.74, 6) is 0.805. The Morgan fingerprint density at radius 3 is 3.04 bits per heavy atom. The Balaban J connectivity index is 1.57. The molecule has 1 saturated heterocycles. The van der Waals surface area contributed by atoms with Gasteiger partial charge in [-0.3, -0.25) is 4.79 Å². The number of nitrogens with zero attached hydrogens (tertiary/aromatic N) is 1. The predicted molar refractivity (Wildman–Crippen MR) is 91.1 cm³/mol. The van der Waals surface area contributed by atoms with Crippen LogP contribution >= 0.6 is 11.3 Å².